The summed E-state index contributed by atoms with van der Waals surface area (Å²) in [6, 6.07) is 0. The third-order valence-electron chi connectivity index (χ3n) is 9.50. The molecule has 2 N–H and O–H groups in total. The number of aliphatic hydroxyl groups is 2. The van der Waals surface area contributed by atoms with E-state index in [-0.39, 0.29) is 17.6 Å². The van der Waals surface area contributed by atoms with E-state index in [0.717, 1.165) is 37.7 Å². The van der Waals surface area contributed by atoms with Crippen LogP contribution in [-0.4, -0.2) is 34.6 Å². The first-order valence-corrected chi connectivity index (χ1v) is 9.89. The molecule has 0 aromatic carbocycles. The average molecular weight is 320 g/mol. The first-order chi connectivity index (χ1) is 10.9. The van der Waals surface area contributed by atoms with Crippen LogP contribution >= 0.6 is 0 Å². The lowest BCUT2D eigenvalue weighted by Gasteiger charge is -2.60. The third-order valence-corrected chi connectivity index (χ3v) is 9.50. The minimum atomic E-state index is -0.478. The summed E-state index contributed by atoms with van der Waals surface area (Å²) in [5.41, 5.74) is -0.0120. The van der Waals surface area contributed by atoms with E-state index in [1.807, 2.05) is 0 Å². The Kier molecular flexibility index (Phi) is 2.99. The van der Waals surface area contributed by atoms with Crippen molar-refractivity contribution in [2.45, 2.75) is 83.0 Å². The van der Waals surface area contributed by atoms with E-state index in [9.17, 15) is 10.2 Å². The lowest BCUT2D eigenvalue weighted by Crippen LogP contribution is -2.57. The van der Waals surface area contributed by atoms with E-state index in [2.05, 4.69) is 13.8 Å². The standard InChI is InChI=1S/C20H32O3/c1-18-7-5-15-13(14(18)6-8-19(18,2)22)4-3-12-9-16(21)17-10-20(12,15)11-23-17/h12-17,21-22H,3-11H2,1-2H3. The molecule has 5 aliphatic rings. The Balaban J connectivity index is 1.50. The first kappa shape index (κ1) is 15.2. The Morgan fingerprint density at radius 3 is 2.61 bits per heavy atom. The molecule has 4 saturated carbocycles. The van der Waals surface area contributed by atoms with Crippen molar-refractivity contribution in [1.82, 2.24) is 0 Å². The molecule has 23 heavy (non-hydrogen) atoms. The van der Waals surface area contributed by atoms with Gasteiger partial charge < -0.3 is 14.9 Å². The molecule has 3 nitrogen and oxygen atoms in total. The predicted molar refractivity (Wildman–Crippen MR) is 87.8 cm³/mol. The van der Waals surface area contributed by atoms with Gasteiger partial charge in [0.15, 0.2) is 0 Å². The fourth-order valence-corrected chi connectivity index (χ4v) is 7.97. The number of hydrogen-bond acceptors (Lipinski definition) is 3. The Morgan fingerprint density at radius 1 is 1.00 bits per heavy atom. The fourth-order valence-electron chi connectivity index (χ4n) is 7.97. The summed E-state index contributed by atoms with van der Waals surface area (Å²) in [5.74, 6) is 2.91. The van der Waals surface area contributed by atoms with Gasteiger partial charge in [-0.15, -0.1) is 0 Å². The summed E-state index contributed by atoms with van der Waals surface area (Å²) in [6.45, 7) is 5.34. The van der Waals surface area contributed by atoms with Gasteiger partial charge in [0.2, 0.25) is 0 Å². The molecule has 1 heterocycles. The van der Waals surface area contributed by atoms with Crippen molar-refractivity contribution < 1.29 is 14.9 Å². The number of aliphatic hydroxyl groups excluding tert-OH is 1. The maximum atomic E-state index is 11.0. The van der Waals surface area contributed by atoms with Gasteiger partial charge in [0.25, 0.3) is 0 Å². The van der Waals surface area contributed by atoms with Crippen molar-refractivity contribution in [2.24, 2.45) is 34.5 Å². The fraction of sp³-hybridized carbons (Fsp3) is 1.00. The molecule has 0 amide bonds. The Bertz CT molecular complexity index is 517. The molecule has 9 unspecified atom stereocenters. The van der Waals surface area contributed by atoms with Gasteiger partial charge in [-0.25, -0.2) is 0 Å². The second-order valence-electron chi connectivity index (χ2n) is 10.0. The molecule has 5 fully saturated rings. The highest BCUT2D eigenvalue weighted by molar-refractivity contribution is 5.15. The zero-order valence-corrected chi connectivity index (χ0v) is 14.6. The summed E-state index contributed by atoms with van der Waals surface area (Å²) >= 11 is 0. The van der Waals surface area contributed by atoms with Crippen LogP contribution < -0.4 is 0 Å². The highest BCUT2D eigenvalue weighted by atomic mass is 16.5. The van der Waals surface area contributed by atoms with Crippen LogP contribution in [0.2, 0.25) is 0 Å². The van der Waals surface area contributed by atoms with Crippen molar-refractivity contribution in [2.75, 3.05) is 6.61 Å². The van der Waals surface area contributed by atoms with Crippen LogP contribution in [0, 0.1) is 34.5 Å². The normalized spacial score (nSPS) is 64.2. The second-order valence-corrected chi connectivity index (χ2v) is 10.0. The monoisotopic (exact) mass is 320 g/mol. The van der Waals surface area contributed by atoms with Crippen LogP contribution in [0.5, 0.6) is 0 Å². The third kappa shape index (κ3) is 1.72. The smallest absolute Gasteiger partial charge is 0.0840 e. The molecule has 0 aromatic rings. The summed E-state index contributed by atoms with van der Waals surface area (Å²) < 4.78 is 6.08. The minimum Gasteiger partial charge on any atom is -0.390 e. The highest BCUT2D eigenvalue weighted by Crippen LogP contribution is 2.69. The quantitative estimate of drug-likeness (QED) is 0.721. The average Bonchev–Trinajstić information content (AvgIpc) is 3.00. The summed E-state index contributed by atoms with van der Waals surface area (Å²) in [4.78, 5) is 0. The van der Waals surface area contributed by atoms with E-state index < -0.39 is 5.60 Å². The van der Waals surface area contributed by atoms with E-state index in [1.54, 1.807) is 0 Å². The van der Waals surface area contributed by atoms with Gasteiger partial charge in [0.1, 0.15) is 0 Å². The van der Waals surface area contributed by atoms with Gasteiger partial charge in [0.05, 0.1) is 24.4 Å². The van der Waals surface area contributed by atoms with E-state index in [1.165, 1.54) is 32.1 Å². The first-order valence-electron chi connectivity index (χ1n) is 9.89. The van der Waals surface area contributed by atoms with Gasteiger partial charge in [-0.1, -0.05) is 6.92 Å². The lowest BCUT2D eigenvalue weighted by molar-refractivity contribution is -0.148. The van der Waals surface area contributed by atoms with Crippen molar-refractivity contribution in [3.8, 4) is 0 Å². The zero-order valence-electron chi connectivity index (χ0n) is 14.6. The highest BCUT2D eigenvalue weighted by Gasteiger charge is 2.66. The molecule has 3 heteroatoms. The Hall–Kier alpha value is -0.120. The van der Waals surface area contributed by atoms with Gasteiger partial charge in [-0.2, -0.15) is 0 Å². The second kappa shape index (κ2) is 4.53. The van der Waals surface area contributed by atoms with Crippen LogP contribution in [0.1, 0.15) is 65.2 Å². The Labute approximate surface area is 139 Å². The van der Waals surface area contributed by atoms with Crippen LogP contribution in [0.4, 0.5) is 0 Å². The molecule has 0 aromatic heterocycles. The lowest BCUT2D eigenvalue weighted by atomic mass is 9.44. The maximum absolute atomic E-state index is 11.0. The van der Waals surface area contributed by atoms with Crippen LogP contribution in [0.25, 0.3) is 0 Å². The number of ether oxygens (including phenoxy) is 1. The van der Waals surface area contributed by atoms with Crippen molar-refractivity contribution in [1.29, 1.82) is 0 Å². The van der Waals surface area contributed by atoms with Gasteiger partial charge >= 0.3 is 0 Å². The number of hydrogen-bond donors (Lipinski definition) is 2. The summed E-state index contributed by atoms with van der Waals surface area (Å²) in [5, 5.41) is 21.3. The van der Waals surface area contributed by atoms with E-state index >= 15 is 0 Å². The molecule has 2 bridgehead atoms. The van der Waals surface area contributed by atoms with Crippen molar-refractivity contribution in [3.05, 3.63) is 0 Å². The van der Waals surface area contributed by atoms with Crippen molar-refractivity contribution >= 4 is 0 Å². The molecular formula is C20H32O3. The molecule has 1 saturated heterocycles. The largest absolute Gasteiger partial charge is 0.390 e. The van der Waals surface area contributed by atoms with Crippen LogP contribution in [0.3, 0.4) is 0 Å². The maximum Gasteiger partial charge on any atom is 0.0840 e. The Morgan fingerprint density at radius 2 is 1.78 bits per heavy atom. The topological polar surface area (TPSA) is 49.7 Å². The molecule has 1 aliphatic heterocycles. The number of fused-ring (bicyclic) bond motifs is 4. The molecule has 5 rings (SSSR count). The van der Waals surface area contributed by atoms with Gasteiger partial charge in [-0.3, -0.25) is 0 Å². The zero-order chi connectivity index (χ0) is 16.0. The van der Waals surface area contributed by atoms with Gasteiger partial charge in [0, 0.05) is 5.41 Å². The van der Waals surface area contributed by atoms with Gasteiger partial charge in [-0.05, 0) is 87.4 Å². The molecule has 9 atom stereocenters. The summed E-state index contributed by atoms with van der Waals surface area (Å²) in [6.07, 6.45) is 9.13. The predicted octanol–water partition coefficient (Wildman–Crippen LogP) is 3.13. The SMILES string of the molecule is CC1(O)CCC2C3CCC4CC(O)C5CC4(CO5)C3CCC21C. The molecule has 4 aliphatic carbocycles. The minimum absolute atomic E-state index is 0.102. The van der Waals surface area contributed by atoms with E-state index in [0.29, 0.717) is 17.3 Å². The van der Waals surface area contributed by atoms with Crippen LogP contribution in [0.15, 0.2) is 0 Å². The molecular weight excluding hydrogens is 288 g/mol. The molecule has 0 radical (unpaired) electrons. The van der Waals surface area contributed by atoms with E-state index in [4.69, 9.17) is 4.74 Å². The molecule has 1 spiro atoms. The van der Waals surface area contributed by atoms with Crippen molar-refractivity contribution in [3.63, 3.8) is 0 Å². The van der Waals surface area contributed by atoms with Crippen LogP contribution in [-0.2, 0) is 4.74 Å². The molecule has 130 valence electrons. The number of rotatable bonds is 0. The summed E-state index contributed by atoms with van der Waals surface area (Å²) in [7, 11) is 0.